The summed E-state index contributed by atoms with van der Waals surface area (Å²) in [5.41, 5.74) is 0. The Bertz CT molecular complexity index is 203. The number of ketones is 1. The van der Waals surface area contributed by atoms with Gasteiger partial charge in [-0.1, -0.05) is 13.8 Å². The Morgan fingerprint density at radius 2 is 1.92 bits per heavy atom. The average molecular weight is 178 g/mol. The van der Waals surface area contributed by atoms with Crippen LogP contribution >= 0.6 is 0 Å². The summed E-state index contributed by atoms with van der Waals surface area (Å²) in [7, 11) is 0. The fraction of sp³-hybridized carbons (Fsp3) is 0.625. The van der Waals surface area contributed by atoms with E-state index in [-0.39, 0.29) is 0 Å². The number of aliphatic hydroxyl groups excluding tert-OH is 1. The third-order valence-corrected chi connectivity index (χ3v) is 1.39. The number of hydrogen-bond acceptors (Lipinski definition) is 2. The Labute approximate surface area is 69.9 Å². The molecule has 0 aromatic heterocycles. The maximum atomic E-state index is 12.8. The molecule has 0 heterocycles. The molecule has 0 atom stereocenters. The van der Waals surface area contributed by atoms with Gasteiger partial charge in [0.2, 0.25) is 5.78 Å². The molecule has 0 bridgehead atoms. The average Bonchev–Trinajstić information content (AvgIpc) is 1.85. The van der Waals surface area contributed by atoms with Gasteiger partial charge in [0.25, 0.3) is 0 Å². The van der Waals surface area contributed by atoms with Gasteiger partial charge in [0, 0.05) is 12.0 Å². The second-order valence-electron chi connectivity index (χ2n) is 2.93. The van der Waals surface area contributed by atoms with Crippen molar-refractivity contribution in [1.29, 1.82) is 0 Å². The lowest BCUT2D eigenvalue weighted by molar-refractivity contribution is -0.143. The monoisotopic (exact) mass is 178 g/mol. The van der Waals surface area contributed by atoms with Crippen LogP contribution in [-0.2, 0) is 4.79 Å². The topological polar surface area (TPSA) is 37.3 Å². The molecule has 0 spiro atoms. The van der Waals surface area contributed by atoms with E-state index in [1.54, 1.807) is 0 Å². The molecule has 0 aliphatic rings. The molecule has 0 amide bonds. The van der Waals surface area contributed by atoms with Crippen molar-refractivity contribution in [3.63, 3.8) is 0 Å². The first-order chi connectivity index (χ1) is 5.28. The van der Waals surface area contributed by atoms with Crippen molar-refractivity contribution < 1.29 is 18.7 Å². The summed E-state index contributed by atoms with van der Waals surface area (Å²) in [6, 6.07) is 0. The van der Waals surface area contributed by atoms with Gasteiger partial charge in [0.05, 0.1) is 5.76 Å². The van der Waals surface area contributed by atoms with E-state index in [1.165, 1.54) is 20.8 Å². The van der Waals surface area contributed by atoms with Crippen LogP contribution in [-0.4, -0.2) is 16.8 Å². The Kier molecular flexibility index (Phi) is 3.36. The van der Waals surface area contributed by atoms with E-state index in [4.69, 9.17) is 5.11 Å². The van der Waals surface area contributed by atoms with E-state index >= 15 is 0 Å². The standard InChI is InChI=1S/C8H12F2O2/c1-5(2)8(9,10)7(12)4-6(3)11/h4-5,11H,1-3H3/b6-4-. The number of hydrogen-bond donors (Lipinski definition) is 1. The van der Waals surface area contributed by atoms with Crippen LogP contribution in [0.15, 0.2) is 11.8 Å². The van der Waals surface area contributed by atoms with E-state index < -0.39 is 23.4 Å². The number of allylic oxidation sites excluding steroid dienone is 2. The van der Waals surface area contributed by atoms with Gasteiger partial charge < -0.3 is 5.11 Å². The maximum absolute atomic E-state index is 12.8. The van der Waals surface area contributed by atoms with Crippen LogP contribution in [0.4, 0.5) is 8.78 Å². The van der Waals surface area contributed by atoms with Gasteiger partial charge in [-0.25, -0.2) is 0 Å². The summed E-state index contributed by atoms with van der Waals surface area (Å²) in [6.07, 6.45) is 0.542. The van der Waals surface area contributed by atoms with E-state index in [0.717, 1.165) is 0 Å². The molecule has 0 aliphatic carbocycles. The van der Waals surface area contributed by atoms with E-state index in [0.29, 0.717) is 6.08 Å². The highest BCUT2D eigenvalue weighted by atomic mass is 19.3. The van der Waals surface area contributed by atoms with Crippen molar-refractivity contribution >= 4 is 5.78 Å². The fourth-order valence-corrected chi connectivity index (χ4v) is 0.570. The highest BCUT2D eigenvalue weighted by Gasteiger charge is 2.40. The second kappa shape index (κ2) is 3.65. The molecule has 0 rings (SSSR count). The smallest absolute Gasteiger partial charge is 0.311 e. The minimum atomic E-state index is -3.38. The summed E-state index contributed by atoms with van der Waals surface area (Å²) in [5, 5.41) is 8.57. The third kappa shape index (κ3) is 2.60. The van der Waals surface area contributed by atoms with Crippen LogP contribution in [0.1, 0.15) is 20.8 Å². The summed E-state index contributed by atoms with van der Waals surface area (Å²) >= 11 is 0. The van der Waals surface area contributed by atoms with Crippen molar-refractivity contribution in [3.8, 4) is 0 Å². The largest absolute Gasteiger partial charge is 0.512 e. The molecule has 0 aliphatic heterocycles. The second-order valence-corrected chi connectivity index (χ2v) is 2.93. The quantitative estimate of drug-likeness (QED) is 0.531. The number of carbonyl (C=O) groups is 1. The van der Waals surface area contributed by atoms with Crippen molar-refractivity contribution in [2.24, 2.45) is 5.92 Å². The van der Waals surface area contributed by atoms with Gasteiger partial charge in [-0.05, 0) is 6.92 Å². The van der Waals surface area contributed by atoms with Gasteiger partial charge in [0.1, 0.15) is 0 Å². The highest BCUT2D eigenvalue weighted by Crippen LogP contribution is 2.25. The number of aliphatic hydroxyl groups is 1. The molecule has 1 N–H and O–H groups in total. The Morgan fingerprint density at radius 3 is 2.17 bits per heavy atom. The zero-order valence-electron chi connectivity index (χ0n) is 7.27. The van der Waals surface area contributed by atoms with Crippen LogP contribution in [0.5, 0.6) is 0 Å². The van der Waals surface area contributed by atoms with Crippen LogP contribution in [0, 0.1) is 5.92 Å². The van der Waals surface area contributed by atoms with Crippen LogP contribution < -0.4 is 0 Å². The lowest BCUT2D eigenvalue weighted by atomic mass is 10.0. The lowest BCUT2D eigenvalue weighted by Crippen LogP contribution is -2.33. The Hall–Kier alpha value is -0.930. The first-order valence-electron chi connectivity index (χ1n) is 3.58. The van der Waals surface area contributed by atoms with Crippen molar-refractivity contribution in [2.45, 2.75) is 26.7 Å². The van der Waals surface area contributed by atoms with E-state index in [2.05, 4.69) is 0 Å². The molecule has 70 valence electrons. The van der Waals surface area contributed by atoms with Gasteiger partial charge in [-0.2, -0.15) is 8.78 Å². The number of carbonyl (C=O) groups excluding carboxylic acids is 1. The molecule has 2 nitrogen and oxygen atoms in total. The van der Waals surface area contributed by atoms with Crippen LogP contribution in [0.2, 0.25) is 0 Å². The van der Waals surface area contributed by atoms with Gasteiger partial charge >= 0.3 is 5.92 Å². The van der Waals surface area contributed by atoms with Gasteiger partial charge in [-0.3, -0.25) is 4.79 Å². The number of rotatable bonds is 3. The first kappa shape index (κ1) is 11.1. The van der Waals surface area contributed by atoms with Gasteiger partial charge in [-0.15, -0.1) is 0 Å². The maximum Gasteiger partial charge on any atom is 0.311 e. The zero-order valence-corrected chi connectivity index (χ0v) is 7.27. The summed E-state index contributed by atoms with van der Waals surface area (Å²) in [4.78, 5) is 10.7. The Morgan fingerprint density at radius 1 is 1.50 bits per heavy atom. The van der Waals surface area contributed by atoms with Crippen molar-refractivity contribution in [1.82, 2.24) is 0 Å². The minimum absolute atomic E-state index is 0.402. The molecule has 0 saturated carbocycles. The fourth-order valence-electron chi connectivity index (χ4n) is 0.570. The molecular formula is C8H12F2O2. The molecule has 12 heavy (non-hydrogen) atoms. The molecule has 0 unspecified atom stereocenters. The SMILES string of the molecule is C/C(O)=C/C(=O)C(F)(F)C(C)C. The summed E-state index contributed by atoms with van der Waals surface area (Å²) in [6.45, 7) is 3.67. The molecule has 4 heteroatoms. The summed E-state index contributed by atoms with van der Waals surface area (Å²) < 4.78 is 25.6. The first-order valence-corrected chi connectivity index (χ1v) is 3.58. The van der Waals surface area contributed by atoms with E-state index in [1.807, 2.05) is 0 Å². The van der Waals surface area contributed by atoms with Crippen molar-refractivity contribution in [2.75, 3.05) is 0 Å². The van der Waals surface area contributed by atoms with Crippen LogP contribution in [0.25, 0.3) is 0 Å². The molecule has 0 aromatic rings. The van der Waals surface area contributed by atoms with E-state index in [9.17, 15) is 13.6 Å². The predicted octanol–water partition coefficient (Wildman–Crippen LogP) is 2.31. The molecule has 0 aromatic carbocycles. The zero-order chi connectivity index (χ0) is 9.94. The molecule has 0 radical (unpaired) electrons. The highest BCUT2D eigenvalue weighted by molar-refractivity contribution is 5.96. The van der Waals surface area contributed by atoms with Crippen molar-refractivity contribution in [3.05, 3.63) is 11.8 Å². The normalized spacial score (nSPS) is 13.7. The molecule has 0 saturated heterocycles. The van der Waals surface area contributed by atoms with Gasteiger partial charge in [0.15, 0.2) is 0 Å². The Balaban J connectivity index is 4.59. The lowest BCUT2D eigenvalue weighted by Gasteiger charge is -2.16. The summed E-state index contributed by atoms with van der Waals surface area (Å²) in [5.74, 6) is -6.19. The minimum Gasteiger partial charge on any atom is -0.512 e. The van der Waals surface area contributed by atoms with Crippen LogP contribution in [0.3, 0.4) is 0 Å². The molecular weight excluding hydrogens is 166 g/mol. The predicted molar refractivity (Wildman–Crippen MR) is 41.2 cm³/mol. The number of alkyl halides is 2. The molecule has 0 fully saturated rings. The number of halogens is 2. The third-order valence-electron chi connectivity index (χ3n) is 1.39.